The van der Waals surface area contributed by atoms with Gasteiger partial charge in [-0.2, -0.15) is 0 Å². The maximum Gasteiger partial charge on any atom is 0.151 e. The van der Waals surface area contributed by atoms with Gasteiger partial charge in [-0.05, 0) is 81.0 Å². The van der Waals surface area contributed by atoms with Gasteiger partial charge in [0.05, 0.1) is 12.8 Å². The second-order valence-corrected chi connectivity index (χ2v) is 7.63. The summed E-state index contributed by atoms with van der Waals surface area (Å²) in [7, 11) is 0. The number of ether oxygens (including phenoxy) is 1. The van der Waals surface area contributed by atoms with Crippen molar-refractivity contribution in [3.8, 4) is 5.75 Å². The van der Waals surface area contributed by atoms with E-state index in [-0.39, 0.29) is 6.10 Å². The molecule has 1 saturated heterocycles. The van der Waals surface area contributed by atoms with Gasteiger partial charge in [0.25, 0.3) is 0 Å². The summed E-state index contributed by atoms with van der Waals surface area (Å²) in [6.45, 7) is 6.62. The third-order valence-electron chi connectivity index (χ3n) is 4.70. The Labute approximate surface area is 171 Å². The van der Waals surface area contributed by atoms with Gasteiger partial charge in [-0.15, -0.1) is 10.2 Å². The molecule has 6 nitrogen and oxygen atoms in total. The molecule has 3 rings (SSSR count). The lowest BCUT2D eigenvalue weighted by atomic mass is 9.94. The minimum Gasteiger partial charge on any atom is -0.494 e. The lowest BCUT2D eigenvalue weighted by Crippen LogP contribution is -2.34. The summed E-state index contributed by atoms with van der Waals surface area (Å²) in [6.07, 6.45) is 5.14. The Morgan fingerprint density at radius 2 is 1.89 bits per heavy atom. The van der Waals surface area contributed by atoms with Crippen LogP contribution in [0.4, 0.5) is 5.82 Å². The molecule has 0 amide bonds. The van der Waals surface area contributed by atoms with E-state index in [0.717, 1.165) is 56.1 Å². The predicted octanol–water partition coefficient (Wildman–Crippen LogP) is 4.57. The molecule has 0 atom stereocenters. The molecule has 2 aromatic rings. The van der Waals surface area contributed by atoms with E-state index >= 15 is 0 Å². The molecule has 2 heterocycles. The van der Waals surface area contributed by atoms with Crippen molar-refractivity contribution in [3.05, 3.63) is 47.1 Å². The Bertz CT molecular complexity index is 742. The number of nitrogens with zero attached hydrogens (tertiary/aromatic N) is 4. The Kier molecular flexibility index (Phi) is 7.48. The van der Waals surface area contributed by atoms with E-state index < -0.39 is 0 Å². The zero-order chi connectivity index (χ0) is 19.8. The molecule has 7 heteroatoms. The van der Waals surface area contributed by atoms with E-state index in [9.17, 15) is 0 Å². The van der Waals surface area contributed by atoms with E-state index in [1.54, 1.807) is 12.3 Å². The highest BCUT2D eigenvalue weighted by Gasteiger charge is 2.20. The predicted molar refractivity (Wildman–Crippen MR) is 112 cm³/mol. The van der Waals surface area contributed by atoms with Gasteiger partial charge >= 0.3 is 0 Å². The molecule has 1 fully saturated rings. The molecule has 0 N–H and O–H groups in total. The fraction of sp³-hybridized carbons (Fsp3) is 0.476. The van der Waals surface area contributed by atoms with Crippen molar-refractivity contribution in [2.45, 2.75) is 39.2 Å². The molecule has 0 spiro atoms. The van der Waals surface area contributed by atoms with Crippen LogP contribution in [0.25, 0.3) is 0 Å². The van der Waals surface area contributed by atoms with Crippen molar-refractivity contribution in [2.24, 2.45) is 11.1 Å². The molecular weight excluding hydrogens is 376 g/mol. The van der Waals surface area contributed by atoms with Gasteiger partial charge in [0, 0.05) is 13.1 Å². The van der Waals surface area contributed by atoms with E-state index in [2.05, 4.69) is 20.3 Å². The van der Waals surface area contributed by atoms with Gasteiger partial charge in [-0.25, -0.2) is 0 Å². The number of oxime groups is 1. The molecule has 0 radical (unpaired) electrons. The topological polar surface area (TPSA) is 59.8 Å². The summed E-state index contributed by atoms with van der Waals surface area (Å²) in [6, 6.07) is 11.6. The van der Waals surface area contributed by atoms with Crippen molar-refractivity contribution in [3.63, 3.8) is 0 Å². The highest BCUT2D eigenvalue weighted by molar-refractivity contribution is 6.29. The van der Waals surface area contributed by atoms with Crippen molar-refractivity contribution >= 4 is 23.6 Å². The number of anilines is 1. The first-order valence-electron chi connectivity index (χ1n) is 9.76. The van der Waals surface area contributed by atoms with Gasteiger partial charge in [-0.1, -0.05) is 16.8 Å². The maximum atomic E-state index is 5.90. The first kappa shape index (κ1) is 20.4. The molecule has 1 aliphatic rings. The van der Waals surface area contributed by atoms with Crippen LogP contribution in [0, 0.1) is 5.92 Å². The van der Waals surface area contributed by atoms with Crippen LogP contribution in [-0.2, 0) is 4.84 Å². The first-order chi connectivity index (χ1) is 13.6. The van der Waals surface area contributed by atoms with Crippen LogP contribution in [0.2, 0.25) is 5.15 Å². The third-order valence-corrected chi connectivity index (χ3v) is 4.91. The summed E-state index contributed by atoms with van der Waals surface area (Å²) in [5.41, 5.74) is 0.991. The lowest BCUT2D eigenvalue weighted by Gasteiger charge is -2.32. The minimum atomic E-state index is 0.0878. The zero-order valence-corrected chi connectivity index (χ0v) is 17.2. The van der Waals surface area contributed by atoms with E-state index in [0.29, 0.717) is 11.1 Å². The van der Waals surface area contributed by atoms with Crippen LogP contribution in [0.5, 0.6) is 5.75 Å². The summed E-state index contributed by atoms with van der Waals surface area (Å²) in [5, 5.41) is 12.5. The quantitative estimate of drug-likeness (QED) is 0.478. The number of rotatable bonds is 8. The summed E-state index contributed by atoms with van der Waals surface area (Å²) < 4.78 is 5.90. The SMILES string of the molecule is CC(C)O/N=C/c1ccc(OCCC2CCN(c3ccc(Cl)nn3)CC2)cc1. The van der Waals surface area contributed by atoms with Crippen molar-refractivity contribution in [1.29, 1.82) is 0 Å². The van der Waals surface area contributed by atoms with E-state index in [4.69, 9.17) is 21.2 Å². The fourth-order valence-corrected chi connectivity index (χ4v) is 3.24. The van der Waals surface area contributed by atoms with Gasteiger partial charge in [0.1, 0.15) is 11.9 Å². The normalized spacial score (nSPS) is 15.4. The second-order valence-electron chi connectivity index (χ2n) is 7.24. The fourth-order valence-electron chi connectivity index (χ4n) is 3.13. The van der Waals surface area contributed by atoms with Crippen molar-refractivity contribution < 1.29 is 9.57 Å². The van der Waals surface area contributed by atoms with Gasteiger partial charge in [0.2, 0.25) is 0 Å². The number of hydrogen-bond acceptors (Lipinski definition) is 6. The highest BCUT2D eigenvalue weighted by atomic mass is 35.5. The Balaban J connectivity index is 1.36. The molecular formula is C21H27ClN4O2. The van der Waals surface area contributed by atoms with E-state index in [1.807, 2.05) is 44.2 Å². The van der Waals surface area contributed by atoms with Crippen LogP contribution in [0.15, 0.2) is 41.6 Å². The van der Waals surface area contributed by atoms with Gasteiger partial charge < -0.3 is 14.5 Å². The lowest BCUT2D eigenvalue weighted by molar-refractivity contribution is 0.0873. The number of benzene rings is 1. The second kappa shape index (κ2) is 10.3. The molecule has 28 heavy (non-hydrogen) atoms. The van der Waals surface area contributed by atoms with Gasteiger partial charge in [0.15, 0.2) is 11.0 Å². The largest absolute Gasteiger partial charge is 0.494 e. The van der Waals surface area contributed by atoms with Crippen molar-refractivity contribution in [2.75, 3.05) is 24.6 Å². The highest BCUT2D eigenvalue weighted by Crippen LogP contribution is 2.24. The summed E-state index contributed by atoms with van der Waals surface area (Å²) in [4.78, 5) is 7.44. The molecule has 0 bridgehead atoms. The molecule has 1 aromatic carbocycles. The summed E-state index contributed by atoms with van der Waals surface area (Å²) >= 11 is 5.81. The van der Waals surface area contributed by atoms with Crippen LogP contribution in [-0.4, -0.2) is 42.2 Å². The molecule has 150 valence electrons. The molecule has 0 unspecified atom stereocenters. The standard InChI is InChI=1S/C21H27ClN4O2/c1-16(2)28-23-15-18-3-5-19(6-4-18)27-14-11-17-9-12-26(13-10-17)21-8-7-20(22)24-25-21/h3-8,15-17H,9-14H2,1-2H3/b23-15+. The average molecular weight is 403 g/mol. The van der Waals surface area contributed by atoms with E-state index in [1.165, 1.54) is 0 Å². The number of piperidine rings is 1. The van der Waals surface area contributed by atoms with Gasteiger partial charge in [-0.3, -0.25) is 0 Å². The smallest absolute Gasteiger partial charge is 0.151 e. The average Bonchev–Trinajstić information content (AvgIpc) is 2.70. The van der Waals surface area contributed by atoms with Crippen molar-refractivity contribution in [1.82, 2.24) is 10.2 Å². The molecule has 1 aromatic heterocycles. The first-order valence-corrected chi connectivity index (χ1v) is 10.1. The van der Waals surface area contributed by atoms with Crippen LogP contribution in [0.1, 0.15) is 38.7 Å². The van der Waals surface area contributed by atoms with Crippen LogP contribution in [0.3, 0.4) is 0 Å². The molecule has 0 aliphatic carbocycles. The molecule has 0 saturated carbocycles. The summed E-state index contributed by atoms with van der Waals surface area (Å²) in [5.74, 6) is 2.47. The maximum absolute atomic E-state index is 5.90. The van der Waals surface area contributed by atoms with Crippen LogP contribution < -0.4 is 9.64 Å². The Morgan fingerprint density at radius 1 is 1.14 bits per heavy atom. The number of aromatic nitrogens is 2. The minimum absolute atomic E-state index is 0.0878. The third kappa shape index (κ3) is 6.37. The Morgan fingerprint density at radius 3 is 2.54 bits per heavy atom. The zero-order valence-electron chi connectivity index (χ0n) is 16.4. The number of halogens is 1. The Hall–Kier alpha value is -2.34. The molecule has 1 aliphatic heterocycles. The number of hydrogen-bond donors (Lipinski definition) is 0. The van der Waals surface area contributed by atoms with Crippen LogP contribution >= 0.6 is 11.6 Å². The monoisotopic (exact) mass is 402 g/mol.